The molecular weight excluding hydrogens is 285 g/mol. The minimum absolute atomic E-state index is 0.126. The highest BCUT2D eigenvalue weighted by atomic mass is 35.5. The Morgan fingerprint density at radius 3 is 2.63 bits per heavy atom. The predicted octanol–water partition coefficient (Wildman–Crippen LogP) is 4.02. The normalized spacial score (nSPS) is 10.6. The van der Waals surface area contributed by atoms with Crippen molar-refractivity contribution in [2.45, 2.75) is 32.7 Å². The van der Waals surface area contributed by atoms with Crippen LogP contribution in [0.4, 0.5) is 0 Å². The molecule has 1 amide bonds. The number of carbonyl (C=O) groups is 1. The quantitative estimate of drug-likeness (QED) is 0.743. The van der Waals surface area contributed by atoms with Crippen LogP contribution in [0.15, 0.2) is 18.2 Å². The third kappa shape index (κ3) is 5.29. The molecule has 0 aliphatic heterocycles. The maximum Gasteiger partial charge on any atom is 0.222 e. The van der Waals surface area contributed by atoms with Crippen LogP contribution in [0, 0.1) is 0 Å². The fourth-order valence-electron chi connectivity index (χ4n) is 1.46. The Labute approximate surface area is 124 Å². The number of ether oxygens (including phenoxy) is 1. The minimum Gasteiger partial charge on any atom is -0.492 e. The van der Waals surface area contributed by atoms with Gasteiger partial charge in [0.05, 0.1) is 11.6 Å². The zero-order chi connectivity index (χ0) is 14.4. The van der Waals surface area contributed by atoms with Crippen LogP contribution in [0.1, 0.15) is 26.7 Å². The first-order valence-corrected chi connectivity index (χ1v) is 7.01. The van der Waals surface area contributed by atoms with E-state index >= 15 is 0 Å². The van der Waals surface area contributed by atoms with E-state index in [1.165, 1.54) is 0 Å². The standard InChI is InChI=1S/C14H19Cl2NO2/c1-10(2)17(3)14(18)5-4-8-19-13-7-6-11(15)9-12(13)16/h6-7,9-10H,4-5,8H2,1-3H3. The van der Waals surface area contributed by atoms with Gasteiger partial charge >= 0.3 is 0 Å². The summed E-state index contributed by atoms with van der Waals surface area (Å²) in [7, 11) is 1.81. The topological polar surface area (TPSA) is 29.5 Å². The molecule has 0 atom stereocenters. The fourth-order valence-corrected chi connectivity index (χ4v) is 1.93. The van der Waals surface area contributed by atoms with E-state index in [2.05, 4.69) is 0 Å². The minimum atomic E-state index is 0.126. The molecular formula is C14H19Cl2NO2. The van der Waals surface area contributed by atoms with E-state index in [4.69, 9.17) is 27.9 Å². The van der Waals surface area contributed by atoms with Crippen LogP contribution in [0.25, 0.3) is 0 Å². The van der Waals surface area contributed by atoms with Gasteiger partial charge in [0.1, 0.15) is 5.75 Å². The van der Waals surface area contributed by atoms with E-state index in [0.29, 0.717) is 35.2 Å². The van der Waals surface area contributed by atoms with E-state index in [1.54, 1.807) is 23.1 Å². The van der Waals surface area contributed by atoms with Crippen molar-refractivity contribution in [1.82, 2.24) is 4.90 Å². The second kappa shape index (κ2) is 7.61. The van der Waals surface area contributed by atoms with Gasteiger partial charge in [-0.3, -0.25) is 4.79 Å². The monoisotopic (exact) mass is 303 g/mol. The Morgan fingerprint density at radius 1 is 1.37 bits per heavy atom. The molecule has 0 radical (unpaired) electrons. The number of benzene rings is 1. The third-order valence-corrected chi connectivity index (χ3v) is 3.38. The Hall–Kier alpha value is -0.930. The summed E-state index contributed by atoms with van der Waals surface area (Å²) in [6.07, 6.45) is 1.13. The zero-order valence-corrected chi connectivity index (χ0v) is 13.0. The smallest absolute Gasteiger partial charge is 0.222 e. The average molecular weight is 304 g/mol. The molecule has 0 aliphatic rings. The molecule has 0 N–H and O–H groups in total. The van der Waals surface area contributed by atoms with Crippen LogP contribution in [0.2, 0.25) is 10.0 Å². The van der Waals surface area contributed by atoms with Gasteiger partial charge in [-0.2, -0.15) is 0 Å². The lowest BCUT2D eigenvalue weighted by atomic mass is 10.2. The van der Waals surface area contributed by atoms with E-state index < -0.39 is 0 Å². The lowest BCUT2D eigenvalue weighted by Crippen LogP contribution is -2.32. The van der Waals surface area contributed by atoms with Gasteiger partial charge < -0.3 is 9.64 Å². The second-order valence-corrected chi connectivity index (χ2v) is 5.47. The van der Waals surface area contributed by atoms with Crippen molar-refractivity contribution >= 4 is 29.1 Å². The van der Waals surface area contributed by atoms with Gasteiger partial charge in [0, 0.05) is 24.5 Å². The van der Waals surface area contributed by atoms with Gasteiger partial charge in [0.2, 0.25) is 5.91 Å². The molecule has 0 aliphatic carbocycles. The first-order valence-electron chi connectivity index (χ1n) is 6.25. The molecule has 5 heteroatoms. The molecule has 1 aromatic rings. The molecule has 1 rings (SSSR count). The average Bonchev–Trinajstić information content (AvgIpc) is 2.35. The van der Waals surface area contributed by atoms with Gasteiger partial charge in [-0.25, -0.2) is 0 Å². The van der Waals surface area contributed by atoms with Crippen LogP contribution in [-0.4, -0.2) is 30.5 Å². The Morgan fingerprint density at radius 2 is 2.05 bits per heavy atom. The van der Waals surface area contributed by atoms with Crippen molar-refractivity contribution in [1.29, 1.82) is 0 Å². The first-order chi connectivity index (χ1) is 8.91. The SMILES string of the molecule is CC(C)N(C)C(=O)CCCOc1ccc(Cl)cc1Cl. The fraction of sp³-hybridized carbons (Fsp3) is 0.500. The van der Waals surface area contributed by atoms with Crippen molar-refractivity contribution in [2.24, 2.45) is 0 Å². The van der Waals surface area contributed by atoms with Crippen LogP contribution in [0.5, 0.6) is 5.75 Å². The first kappa shape index (κ1) is 16.1. The number of halogens is 2. The number of rotatable bonds is 6. The molecule has 0 heterocycles. The lowest BCUT2D eigenvalue weighted by Gasteiger charge is -2.21. The molecule has 3 nitrogen and oxygen atoms in total. The predicted molar refractivity (Wildman–Crippen MR) is 79.1 cm³/mol. The number of nitrogens with zero attached hydrogens (tertiary/aromatic N) is 1. The van der Waals surface area contributed by atoms with Crippen LogP contribution in [-0.2, 0) is 4.79 Å². The Kier molecular flexibility index (Phi) is 6.46. The van der Waals surface area contributed by atoms with Crippen LogP contribution >= 0.6 is 23.2 Å². The second-order valence-electron chi connectivity index (χ2n) is 4.63. The summed E-state index contributed by atoms with van der Waals surface area (Å²) in [6.45, 7) is 4.43. The lowest BCUT2D eigenvalue weighted by molar-refractivity contribution is -0.131. The summed E-state index contributed by atoms with van der Waals surface area (Å²) < 4.78 is 5.52. The van der Waals surface area contributed by atoms with Gasteiger partial charge in [-0.1, -0.05) is 23.2 Å². The maximum absolute atomic E-state index is 11.7. The molecule has 0 bridgehead atoms. The number of amides is 1. The molecule has 0 aromatic heterocycles. The highest BCUT2D eigenvalue weighted by molar-refractivity contribution is 6.35. The van der Waals surface area contributed by atoms with Crippen LogP contribution < -0.4 is 4.74 Å². The van der Waals surface area contributed by atoms with Crippen molar-refractivity contribution < 1.29 is 9.53 Å². The Bertz CT molecular complexity index is 435. The van der Waals surface area contributed by atoms with Gasteiger partial charge in [0.25, 0.3) is 0 Å². The van der Waals surface area contributed by atoms with Gasteiger partial charge in [-0.05, 0) is 38.5 Å². The molecule has 0 fully saturated rings. The molecule has 0 saturated carbocycles. The van der Waals surface area contributed by atoms with Gasteiger partial charge in [-0.15, -0.1) is 0 Å². The number of hydrogen-bond donors (Lipinski definition) is 0. The highest BCUT2D eigenvalue weighted by Crippen LogP contribution is 2.27. The number of hydrogen-bond acceptors (Lipinski definition) is 2. The molecule has 1 aromatic carbocycles. The summed E-state index contributed by atoms with van der Waals surface area (Å²) in [5.74, 6) is 0.719. The molecule has 19 heavy (non-hydrogen) atoms. The summed E-state index contributed by atoms with van der Waals surface area (Å²) in [6, 6.07) is 5.31. The van der Waals surface area contributed by atoms with E-state index in [0.717, 1.165) is 0 Å². The zero-order valence-electron chi connectivity index (χ0n) is 11.5. The summed E-state index contributed by atoms with van der Waals surface area (Å²) in [5, 5.41) is 1.06. The van der Waals surface area contributed by atoms with E-state index in [-0.39, 0.29) is 11.9 Å². The third-order valence-electron chi connectivity index (χ3n) is 2.85. The largest absolute Gasteiger partial charge is 0.492 e. The molecule has 0 spiro atoms. The van der Waals surface area contributed by atoms with Gasteiger partial charge in [0.15, 0.2) is 0 Å². The van der Waals surface area contributed by atoms with Crippen molar-refractivity contribution in [3.05, 3.63) is 28.2 Å². The van der Waals surface area contributed by atoms with Crippen molar-refractivity contribution in [2.75, 3.05) is 13.7 Å². The molecule has 0 unspecified atom stereocenters. The van der Waals surface area contributed by atoms with Crippen molar-refractivity contribution in [3.8, 4) is 5.75 Å². The molecule has 0 saturated heterocycles. The summed E-state index contributed by atoms with van der Waals surface area (Å²) in [5.41, 5.74) is 0. The van der Waals surface area contributed by atoms with Crippen molar-refractivity contribution in [3.63, 3.8) is 0 Å². The van der Waals surface area contributed by atoms with Crippen LogP contribution in [0.3, 0.4) is 0 Å². The summed E-state index contributed by atoms with van der Waals surface area (Å²) in [4.78, 5) is 13.5. The highest BCUT2D eigenvalue weighted by Gasteiger charge is 2.11. The summed E-state index contributed by atoms with van der Waals surface area (Å²) >= 11 is 11.8. The molecule has 106 valence electrons. The van der Waals surface area contributed by atoms with E-state index in [9.17, 15) is 4.79 Å². The maximum atomic E-state index is 11.7. The Balaban J connectivity index is 2.33. The number of carbonyl (C=O) groups excluding carboxylic acids is 1. The van der Waals surface area contributed by atoms with E-state index in [1.807, 2.05) is 20.9 Å².